The van der Waals surface area contributed by atoms with Gasteiger partial charge in [0.2, 0.25) is 5.91 Å². The SMILES string of the molecule is NC(=O)[C@H]1CCCC[C@H]1NC(=O)Nc1nc(-c2ccccc2)cs1. The van der Waals surface area contributed by atoms with E-state index in [4.69, 9.17) is 5.73 Å². The van der Waals surface area contributed by atoms with Gasteiger partial charge in [-0.05, 0) is 12.8 Å². The van der Waals surface area contributed by atoms with Crippen LogP contribution < -0.4 is 16.4 Å². The third-order valence-electron chi connectivity index (χ3n) is 4.24. The number of nitrogens with two attached hydrogens (primary N) is 1. The van der Waals surface area contributed by atoms with Gasteiger partial charge in [0, 0.05) is 17.0 Å². The van der Waals surface area contributed by atoms with Crippen LogP contribution in [0.15, 0.2) is 35.7 Å². The van der Waals surface area contributed by atoms with Crippen LogP contribution in [0.2, 0.25) is 0 Å². The summed E-state index contributed by atoms with van der Waals surface area (Å²) in [5, 5.41) is 8.03. The molecular weight excluding hydrogens is 324 g/mol. The molecule has 1 aromatic heterocycles. The molecule has 1 saturated carbocycles. The number of nitrogens with zero attached hydrogens (tertiary/aromatic N) is 1. The molecule has 0 aliphatic heterocycles. The summed E-state index contributed by atoms with van der Waals surface area (Å²) < 4.78 is 0. The fourth-order valence-electron chi connectivity index (χ4n) is 3.02. The van der Waals surface area contributed by atoms with Crippen LogP contribution in [0.25, 0.3) is 11.3 Å². The molecule has 1 aliphatic carbocycles. The number of rotatable bonds is 4. The second-order valence-electron chi connectivity index (χ2n) is 5.90. The van der Waals surface area contributed by atoms with E-state index in [9.17, 15) is 9.59 Å². The third-order valence-corrected chi connectivity index (χ3v) is 5.00. The summed E-state index contributed by atoms with van der Waals surface area (Å²) in [4.78, 5) is 28.1. The third kappa shape index (κ3) is 3.91. The Morgan fingerprint density at radius 2 is 1.92 bits per heavy atom. The predicted molar refractivity (Wildman–Crippen MR) is 94.6 cm³/mol. The van der Waals surface area contributed by atoms with Crippen LogP contribution in [0.1, 0.15) is 25.7 Å². The van der Waals surface area contributed by atoms with E-state index in [1.807, 2.05) is 35.7 Å². The number of benzene rings is 1. The van der Waals surface area contributed by atoms with Gasteiger partial charge in [0.05, 0.1) is 11.6 Å². The highest BCUT2D eigenvalue weighted by Crippen LogP contribution is 2.26. The molecule has 0 saturated heterocycles. The number of hydrogen-bond acceptors (Lipinski definition) is 4. The second kappa shape index (κ2) is 7.44. The zero-order valence-corrected chi connectivity index (χ0v) is 14.0. The number of thiazole rings is 1. The van der Waals surface area contributed by atoms with Crippen LogP contribution in [-0.4, -0.2) is 23.0 Å². The summed E-state index contributed by atoms with van der Waals surface area (Å²) in [7, 11) is 0. The van der Waals surface area contributed by atoms with Crippen LogP contribution in [0.3, 0.4) is 0 Å². The molecule has 24 heavy (non-hydrogen) atoms. The van der Waals surface area contributed by atoms with E-state index >= 15 is 0 Å². The van der Waals surface area contributed by atoms with Crippen molar-refractivity contribution in [3.05, 3.63) is 35.7 Å². The average molecular weight is 344 g/mol. The second-order valence-corrected chi connectivity index (χ2v) is 6.76. The van der Waals surface area contributed by atoms with Gasteiger partial charge in [0.25, 0.3) is 0 Å². The lowest BCUT2D eigenvalue weighted by molar-refractivity contribution is -0.123. The van der Waals surface area contributed by atoms with Gasteiger partial charge in [0.1, 0.15) is 0 Å². The monoisotopic (exact) mass is 344 g/mol. The van der Waals surface area contributed by atoms with E-state index in [1.54, 1.807) is 0 Å². The first-order valence-electron chi connectivity index (χ1n) is 8.01. The summed E-state index contributed by atoms with van der Waals surface area (Å²) in [6.45, 7) is 0. The highest BCUT2D eigenvalue weighted by atomic mass is 32.1. The molecule has 1 heterocycles. The molecule has 0 spiro atoms. The minimum absolute atomic E-state index is 0.204. The van der Waals surface area contributed by atoms with Crippen LogP contribution in [0.5, 0.6) is 0 Å². The molecule has 7 heteroatoms. The molecule has 3 amide bonds. The average Bonchev–Trinajstić information content (AvgIpc) is 3.04. The molecule has 6 nitrogen and oxygen atoms in total. The number of carbonyl (C=O) groups excluding carboxylic acids is 2. The van der Waals surface area contributed by atoms with Gasteiger partial charge >= 0.3 is 6.03 Å². The number of amides is 3. The van der Waals surface area contributed by atoms with Crippen LogP contribution in [-0.2, 0) is 4.79 Å². The molecule has 2 atom stereocenters. The number of hydrogen-bond donors (Lipinski definition) is 3. The van der Waals surface area contributed by atoms with Crippen LogP contribution in [0, 0.1) is 5.92 Å². The Morgan fingerprint density at radius 3 is 2.67 bits per heavy atom. The van der Waals surface area contributed by atoms with Crippen molar-refractivity contribution in [1.82, 2.24) is 10.3 Å². The molecule has 4 N–H and O–H groups in total. The molecule has 0 bridgehead atoms. The first-order valence-corrected chi connectivity index (χ1v) is 8.89. The first-order chi connectivity index (χ1) is 11.6. The van der Waals surface area contributed by atoms with E-state index in [0.717, 1.165) is 36.9 Å². The zero-order chi connectivity index (χ0) is 16.9. The Balaban J connectivity index is 1.61. The number of anilines is 1. The van der Waals surface area contributed by atoms with Gasteiger partial charge in [-0.2, -0.15) is 0 Å². The van der Waals surface area contributed by atoms with Gasteiger partial charge in [-0.15, -0.1) is 11.3 Å². The summed E-state index contributed by atoms with van der Waals surface area (Å²) >= 11 is 1.37. The van der Waals surface area contributed by atoms with Crippen molar-refractivity contribution >= 4 is 28.4 Å². The van der Waals surface area contributed by atoms with E-state index in [2.05, 4.69) is 15.6 Å². The summed E-state index contributed by atoms with van der Waals surface area (Å²) in [6, 6.07) is 9.23. The highest BCUT2D eigenvalue weighted by molar-refractivity contribution is 7.14. The number of urea groups is 1. The molecular formula is C17H20N4O2S. The standard InChI is InChI=1S/C17H20N4O2S/c18-15(22)12-8-4-5-9-13(12)19-16(23)21-17-20-14(10-24-17)11-6-2-1-3-7-11/h1-3,6-7,10,12-13H,4-5,8-9H2,(H2,18,22)(H2,19,20,21,23)/t12-,13+/m0/s1. The summed E-state index contributed by atoms with van der Waals surface area (Å²) in [6.07, 6.45) is 3.47. The van der Waals surface area contributed by atoms with Crippen LogP contribution in [0.4, 0.5) is 9.93 Å². The Kier molecular flexibility index (Phi) is 5.10. The number of primary amides is 1. The molecule has 1 aliphatic rings. The minimum atomic E-state index is -0.347. The van der Waals surface area contributed by atoms with Gasteiger partial charge < -0.3 is 11.1 Å². The maximum Gasteiger partial charge on any atom is 0.321 e. The Bertz CT molecular complexity index is 716. The van der Waals surface area contributed by atoms with Crippen molar-refractivity contribution in [2.45, 2.75) is 31.7 Å². The zero-order valence-electron chi connectivity index (χ0n) is 13.2. The Labute approximate surface area is 144 Å². The lowest BCUT2D eigenvalue weighted by Gasteiger charge is -2.29. The molecule has 0 radical (unpaired) electrons. The normalized spacial score (nSPS) is 20.3. The lowest BCUT2D eigenvalue weighted by atomic mass is 9.84. The molecule has 126 valence electrons. The lowest BCUT2D eigenvalue weighted by Crippen LogP contribution is -2.48. The molecule has 0 unspecified atom stereocenters. The van der Waals surface area contributed by atoms with E-state index in [-0.39, 0.29) is 23.9 Å². The van der Waals surface area contributed by atoms with Gasteiger partial charge in [0.15, 0.2) is 5.13 Å². The molecule has 1 aromatic carbocycles. The Hall–Kier alpha value is -2.41. The van der Waals surface area contributed by atoms with Crippen molar-refractivity contribution in [2.75, 3.05) is 5.32 Å². The minimum Gasteiger partial charge on any atom is -0.369 e. The van der Waals surface area contributed by atoms with Crippen LogP contribution >= 0.6 is 11.3 Å². The summed E-state index contributed by atoms with van der Waals surface area (Å²) in [5.41, 5.74) is 7.26. The summed E-state index contributed by atoms with van der Waals surface area (Å²) in [5.74, 6) is -0.638. The van der Waals surface area contributed by atoms with Gasteiger partial charge in [-0.3, -0.25) is 10.1 Å². The fraction of sp³-hybridized carbons (Fsp3) is 0.353. The number of carbonyl (C=O) groups is 2. The van der Waals surface area contributed by atoms with Crippen molar-refractivity contribution in [2.24, 2.45) is 11.7 Å². The van der Waals surface area contributed by atoms with E-state index in [0.29, 0.717) is 5.13 Å². The number of nitrogens with one attached hydrogen (secondary N) is 2. The smallest absolute Gasteiger partial charge is 0.321 e. The van der Waals surface area contributed by atoms with Gasteiger partial charge in [-0.25, -0.2) is 9.78 Å². The maximum absolute atomic E-state index is 12.2. The maximum atomic E-state index is 12.2. The molecule has 2 aromatic rings. The van der Waals surface area contributed by atoms with Gasteiger partial charge in [-0.1, -0.05) is 43.2 Å². The topological polar surface area (TPSA) is 97.1 Å². The Morgan fingerprint density at radius 1 is 1.17 bits per heavy atom. The largest absolute Gasteiger partial charge is 0.369 e. The van der Waals surface area contributed by atoms with Crippen molar-refractivity contribution < 1.29 is 9.59 Å². The predicted octanol–water partition coefficient (Wildman–Crippen LogP) is 2.98. The first kappa shape index (κ1) is 16.4. The molecule has 1 fully saturated rings. The number of aromatic nitrogens is 1. The van der Waals surface area contributed by atoms with Crippen molar-refractivity contribution in [3.8, 4) is 11.3 Å². The fourth-order valence-corrected chi connectivity index (χ4v) is 3.73. The quantitative estimate of drug-likeness (QED) is 0.795. The van der Waals surface area contributed by atoms with E-state index in [1.165, 1.54) is 11.3 Å². The van der Waals surface area contributed by atoms with Crippen molar-refractivity contribution in [3.63, 3.8) is 0 Å². The van der Waals surface area contributed by atoms with Crippen molar-refractivity contribution in [1.29, 1.82) is 0 Å². The molecule has 3 rings (SSSR count). The van der Waals surface area contributed by atoms with E-state index < -0.39 is 0 Å². The highest BCUT2D eigenvalue weighted by Gasteiger charge is 2.30.